The van der Waals surface area contributed by atoms with Crippen LogP contribution in [0.3, 0.4) is 0 Å². The van der Waals surface area contributed by atoms with Gasteiger partial charge in [-0.05, 0) is 12.3 Å². The summed E-state index contributed by atoms with van der Waals surface area (Å²) in [5, 5.41) is 17.5. The summed E-state index contributed by atoms with van der Waals surface area (Å²) < 4.78 is 28.9. The third kappa shape index (κ3) is 14.8. The van der Waals surface area contributed by atoms with Gasteiger partial charge >= 0.3 is 0 Å². The van der Waals surface area contributed by atoms with Crippen LogP contribution in [0.15, 0.2) is 23.5 Å². The molecule has 3 aromatic rings. The van der Waals surface area contributed by atoms with Crippen molar-refractivity contribution in [1.29, 1.82) is 0 Å². The van der Waals surface area contributed by atoms with Crippen molar-refractivity contribution in [2.45, 2.75) is 39.8 Å². The highest BCUT2D eigenvalue weighted by Gasteiger charge is 2.03. The molecule has 0 bridgehead atoms. The molecule has 0 unspecified atom stereocenters. The molecule has 0 aliphatic carbocycles. The first-order chi connectivity index (χ1) is 19.5. The van der Waals surface area contributed by atoms with Crippen molar-refractivity contribution in [2.24, 2.45) is 5.92 Å². The Morgan fingerprint density at radius 3 is 2.20 bits per heavy atom. The van der Waals surface area contributed by atoms with Gasteiger partial charge in [-0.15, -0.1) is 5.10 Å². The summed E-state index contributed by atoms with van der Waals surface area (Å²) in [6.45, 7) is 10.1. The number of H-pyrrole nitrogens is 2. The Bertz CT molecular complexity index is 1120. The Balaban J connectivity index is 0.000000460. The van der Waals surface area contributed by atoms with Crippen LogP contribution < -0.4 is 10.9 Å². The predicted molar refractivity (Wildman–Crippen MR) is 146 cm³/mol. The van der Waals surface area contributed by atoms with Gasteiger partial charge in [-0.2, -0.15) is 5.10 Å². The van der Waals surface area contributed by atoms with Crippen LogP contribution in [0.4, 0.5) is 0 Å². The number of ether oxygens (including phenoxy) is 5. The molecule has 3 heterocycles. The van der Waals surface area contributed by atoms with Crippen LogP contribution in [0.5, 0.6) is 0 Å². The number of fused-ring (bicyclic) bond motifs is 1. The molecule has 0 radical (unpaired) electrons. The normalized spacial score (nSPS) is 11.1. The molecule has 0 aliphatic rings. The van der Waals surface area contributed by atoms with Gasteiger partial charge in [0.1, 0.15) is 11.1 Å². The number of hydrogen-bond donors (Lipinski definition) is 3. The topological polar surface area (TPSA) is 180 Å². The molecule has 224 valence electrons. The third-order valence-electron chi connectivity index (χ3n) is 5.27. The summed E-state index contributed by atoms with van der Waals surface area (Å²) in [7, 11) is 1.61. The number of aromatic amines is 2. The fourth-order valence-electron chi connectivity index (χ4n) is 3.03. The van der Waals surface area contributed by atoms with Gasteiger partial charge in [-0.1, -0.05) is 19.1 Å². The van der Waals surface area contributed by atoms with E-state index in [0.29, 0.717) is 89.4 Å². The van der Waals surface area contributed by atoms with Crippen molar-refractivity contribution in [3.8, 4) is 0 Å². The highest BCUT2D eigenvalue weighted by atomic mass is 16.6. The molecule has 0 aliphatic heterocycles. The second-order valence-electron chi connectivity index (χ2n) is 8.94. The number of nitrogens with zero attached hydrogens (tertiary/aromatic N) is 5. The van der Waals surface area contributed by atoms with E-state index in [2.05, 4.69) is 49.6 Å². The zero-order valence-electron chi connectivity index (χ0n) is 23.6. The summed E-state index contributed by atoms with van der Waals surface area (Å²) in [6, 6.07) is 0. The van der Waals surface area contributed by atoms with E-state index in [-0.39, 0.29) is 11.5 Å². The quantitative estimate of drug-likeness (QED) is 0.164. The standard InChI is InChI=1S/C20H38N4O6.C5H4N4O/c1-18(2)4-6-24-16-19(22-23-24)17-30-15-14-29-13-12-28-11-10-27-9-8-26-7-5-20(25)21-3;10-5-3-1-8-9-4(3)6-2-7-5/h16,18H,4-15,17H2,1-3H3,(H,21,25);1-2H,(H2,6,7,8,9,10). The molecule has 0 atom stereocenters. The molecular weight excluding hydrogens is 524 g/mol. The summed E-state index contributed by atoms with van der Waals surface area (Å²) >= 11 is 0. The number of rotatable bonds is 20. The summed E-state index contributed by atoms with van der Waals surface area (Å²) in [6.07, 6.45) is 6.16. The molecule has 0 aromatic carbocycles. The maximum atomic E-state index is 11.0. The lowest BCUT2D eigenvalue weighted by molar-refractivity contribution is -0.121. The average molecular weight is 567 g/mol. The van der Waals surface area contributed by atoms with E-state index >= 15 is 0 Å². The van der Waals surface area contributed by atoms with Crippen LogP contribution in [-0.4, -0.2) is 108 Å². The molecule has 40 heavy (non-hydrogen) atoms. The van der Waals surface area contributed by atoms with E-state index in [9.17, 15) is 9.59 Å². The fraction of sp³-hybridized carbons (Fsp3) is 0.680. The predicted octanol–water partition coefficient (Wildman–Crippen LogP) is 0.690. The van der Waals surface area contributed by atoms with Gasteiger partial charge < -0.3 is 34.0 Å². The maximum Gasteiger partial charge on any atom is 0.261 e. The average Bonchev–Trinajstić information content (AvgIpc) is 3.62. The number of aryl methyl sites for hydroxylation is 1. The van der Waals surface area contributed by atoms with Crippen LogP contribution >= 0.6 is 0 Å². The second-order valence-corrected chi connectivity index (χ2v) is 8.94. The highest BCUT2D eigenvalue weighted by molar-refractivity contribution is 5.75. The van der Waals surface area contributed by atoms with Gasteiger partial charge in [0, 0.05) is 20.0 Å². The van der Waals surface area contributed by atoms with Crippen LogP contribution in [-0.2, 0) is 41.6 Å². The lowest BCUT2D eigenvalue weighted by Crippen LogP contribution is -2.20. The highest BCUT2D eigenvalue weighted by Crippen LogP contribution is 2.03. The zero-order valence-corrected chi connectivity index (χ0v) is 23.6. The van der Waals surface area contributed by atoms with Crippen LogP contribution in [0.25, 0.3) is 11.0 Å². The van der Waals surface area contributed by atoms with Crippen molar-refractivity contribution in [3.05, 3.63) is 34.8 Å². The monoisotopic (exact) mass is 566 g/mol. The van der Waals surface area contributed by atoms with E-state index in [0.717, 1.165) is 18.7 Å². The molecule has 0 saturated heterocycles. The summed E-state index contributed by atoms with van der Waals surface area (Å²) in [5.74, 6) is 0.619. The molecular formula is C25H42N8O7. The molecule has 15 heteroatoms. The minimum atomic E-state index is -0.168. The first kappa shape index (κ1) is 33.0. The van der Waals surface area contributed by atoms with E-state index in [1.165, 1.54) is 12.5 Å². The van der Waals surface area contributed by atoms with E-state index in [1.54, 1.807) is 7.05 Å². The first-order valence-electron chi connectivity index (χ1n) is 13.3. The Morgan fingerprint density at radius 2 is 1.60 bits per heavy atom. The molecule has 3 N–H and O–H groups in total. The Hall–Kier alpha value is -3.24. The van der Waals surface area contributed by atoms with Crippen LogP contribution in [0, 0.1) is 5.92 Å². The molecule has 0 saturated carbocycles. The van der Waals surface area contributed by atoms with Gasteiger partial charge in [-0.3, -0.25) is 19.4 Å². The van der Waals surface area contributed by atoms with Gasteiger partial charge in [0.05, 0.1) is 84.8 Å². The Morgan fingerprint density at radius 1 is 0.975 bits per heavy atom. The minimum Gasteiger partial charge on any atom is -0.379 e. The Labute approximate surface area is 233 Å². The molecule has 15 nitrogen and oxygen atoms in total. The summed E-state index contributed by atoms with van der Waals surface area (Å²) in [5.41, 5.74) is 1.18. The van der Waals surface area contributed by atoms with E-state index in [1.807, 2.05) is 10.9 Å². The molecule has 3 rings (SSSR count). The van der Waals surface area contributed by atoms with Gasteiger partial charge in [-0.25, -0.2) is 4.98 Å². The number of nitrogens with one attached hydrogen (secondary N) is 3. The molecule has 1 amide bonds. The summed E-state index contributed by atoms with van der Waals surface area (Å²) in [4.78, 5) is 28.1. The first-order valence-corrected chi connectivity index (χ1v) is 13.3. The Kier molecular flexibility index (Phi) is 17.0. The third-order valence-corrected chi connectivity index (χ3v) is 5.27. The number of aromatic nitrogens is 7. The second kappa shape index (κ2) is 20.6. The van der Waals surface area contributed by atoms with E-state index in [4.69, 9.17) is 23.7 Å². The van der Waals surface area contributed by atoms with Crippen molar-refractivity contribution in [3.63, 3.8) is 0 Å². The lowest BCUT2D eigenvalue weighted by atomic mass is 10.1. The fourth-order valence-corrected chi connectivity index (χ4v) is 3.03. The molecule has 3 aromatic heterocycles. The van der Waals surface area contributed by atoms with Crippen molar-refractivity contribution >= 4 is 16.9 Å². The van der Waals surface area contributed by atoms with Crippen molar-refractivity contribution in [2.75, 3.05) is 66.5 Å². The number of amides is 1. The van der Waals surface area contributed by atoms with Gasteiger partial charge in [0.15, 0.2) is 5.65 Å². The number of hydrogen-bond acceptors (Lipinski definition) is 11. The van der Waals surface area contributed by atoms with Crippen LogP contribution in [0.1, 0.15) is 32.4 Å². The smallest absolute Gasteiger partial charge is 0.261 e. The van der Waals surface area contributed by atoms with Crippen molar-refractivity contribution in [1.82, 2.24) is 40.5 Å². The largest absolute Gasteiger partial charge is 0.379 e. The number of carbonyl (C=O) groups excluding carboxylic acids is 1. The maximum absolute atomic E-state index is 11.0. The van der Waals surface area contributed by atoms with Crippen molar-refractivity contribution < 1.29 is 28.5 Å². The van der Waals surface area contributed by atoms with E-state index < -0.39 is 0 Å². The zero-order chi connectivity index (χ0) is 28.8. The number of carbonyl (C=O) groups is 1. The lowest BCUT2D eigenvalue weighted by Gasteiger charge is -2.07. The minimum absolute atomic E-state index is 0.0281. The molecule has 0 fully saturated rings. The molecule has 0 spiro atoms. The van der Waals surface area contributed by atoms with Gasteiger partial charge in [0.2, 0.25) is 5.91 Å². The van der Waals surface area contributed by atoms with Crippen LogP contribution in [0.2, 0.25) is 0 Å². The SMILES string of the molecule is CNC(=O)CCOCCOCCOCCOCCOCc1cn(CCC(C)C)nn1.O=c1[nH]cnc2[nH]ncc12. The van der Waals surface area contributed by atoms with Gasteiger partial charge in [0.25, 0.3) is 5.56 Å².